The molecule has 2 aromatic carbocycles. The smallest absolute Gasteiger partial charge is 0.261 e. The van der Waals surface area contributed by atoms with Gasteiger partial charge in [-0.3, -0.25) is 34.4 Å². The van der Waals surface area contributed by atoms with Crippen LogP contribution in [0.15, 0.2) is 73.2 Å². The SMILES string of the molecule is Cc1ccc(N2CCC(CCCCCOCCCCCOc3ccc(-c4ccc5c6cnccc6n(C)c5c4)cn3)CC2)cc1C(=O)N(C=O)C1CCC(=O)NC1=O. The number of carbonyl (C=O) groups is 4. The van der Waals surface area contributed by atoms with Gasteiger partial charge in [-0.25, -0.2) is 4.98 Å². The van der Waals surface area contributed by atoms with Crippen LogP contribution in [0.1, 0.15) is 86.6 Å². The number of hydrogen-bond donors (Lipinski definition) is 1. The molecular weight excluding hydrogens is 733 g/mol. The second-order valence-corrected chi connectivity index (χ2v) is 15.7. The van der Waals surface area contributed by atoms with Crippen LogP contribution in [0, 0.1) is 12.8 Å². The lowest BCUT2D eigenvalue weighted by atomic mass is 9.91. The Bertz CT molecular complexity index is 2230. The van der Waals surface area contributed by atoms with E-state index in [1.165, 1.54) is 35.7 Å². The van der Waals surface area contributed by atoms with Crippen molar-refractivity contribution in [3.8, 4) is 17.0 Å². The minimum atomic E-state index is -0.984. The molecule has 4 amide bonds. The predicted octanol–water partition coefficient (Wildman–Crippen LogP) is 7.54. The van der Waals surface area contributed by atoms with Gasteiger partial charge in [-0.1, -0.05) is 37.5 Å². The van der Waals surface area contributed by atoms with E-state index in [0.29, 0.717) is 30.4 Å². The first-order chi connectivity index (χ1) is 28.3. The Morgan fingerprint density at radius 1 is 0.862 bits per heavy atom. The highest BCUT2D eigenvalue weighted by atomic mass is 16.5. The Morgan fingerprint density at radius 3 is 2.40 bits per heavy atom. The Kier molecular flexibility index (Phi) is 13.4. The molecule has 0 radical (unpaired) electrons. The van der Waals surface area contributed by atoms with E-state index >= 15 is 0 Å². The van der Waals surface area contributed by atoms with Crippen molar-refractivity contribution in [1.82, 2.24) is 24.8 Å². The number of imide groups is 2. The Hall–Kier alpha value is -5.62. The lowest BCUT2D eigenvalue weighted by Gasteiger charge is -2.34. The van der Waals surface area contributed by atoms with Gasteiger partial charge in [0.05, 0.1) is 12.1 Å². The van der Waals surface area contributed by atoms with E-state index in [1.807, 2.05) is 55.8 Å². The van der Waals surface area contributed by atoms with Crippen LogP contribution in [0.4, 0.5) is 5.69 Å². The first kappa shape index (κ1) is 40.6. The van der Waals surface area contributed by atoms with Crippen LogP contribution in [-0.2, 0) is 26.2 Å². The Labute approximate surface area is 339 Å². The molecule has 1 N–H and O–H groups in total. The molecule has 2 aliphatic rings. The Balaban J connectivity index is 0.728. The van der Waals surface area contributed by atoms with Gasteiger partial charge in [0.1, 0.15) is 6.04 Å². The summed E-state index contributed by atoms with van der Waals surface area (Å²) in [4.78, 5) is 61.4. The van der Waals surface area contributed by atoms with Crippen molar-refractivity contribution in [3.63, 3.8) is 0 Å². The summed E-state index contributed by atoms with van der Waals surface area (Å²) >= 11 is 0. The van der Waals surface area contributed by atoms with Gasteiger partial charge >= 0.3 is 0 Å². The molecule has 12 heteroatoms. The second-order valence-electron chi connectivity index (χ2n) is 15.7. The summed E-state index contributed by atoms with van der Waals surface area (Å²) in [5.41, 5.74) is 6.60. The number of aromatic nitrogens is 3. The number of benzene rings is 2. The van der Waals surface area contributed by atoms with Crippen LogP contribution in [-0.4, -0.2) is 82.5 Å². The lowest BCUT2D eigenvalue weighted by Crippen LogP contribution is -2.54. The molecular formula is C46H54N6O6. The van der Waals surface area contributed by atoms with Crippen LogP contribution in [0.25, 0.3) is 32.9 Å². The van der Waals surface area contributed by atoms with Gasteiger partial charge in [0.2, 0.25) is 24.1 Å². The molecule has 12 nitrogen and oxygen atoms in total. The van der Waals surface area contributed by atoms with Crippen molar-refractivity contribution in [2.45, 2.75) is 83.6 Å². The molecule has 7 rings (SSSR count). The summed E-state index contributed by atoms with van der Waals surface area (Å²) in [6, 6.07) is 17.3. The van der Waals surface area contributed by atoms with Crippen LogP contribution in [0.5, 0.6) is 5.88 Å². The summed E-state index contributed by atoms with van der Waals surface area (Å²) in [6.07, 6.45) is 16.1. The first-order valence-corrected chi connectivity index (χ1v) is 20.8. The minimum Gasteiger partial charge on any atom is -0.478 e. The number of pyridine rings is 2. The highest BCUT2D eigenvalue weighted by Crippen LogP contribution is 2.32. The summed E-state index contributed by atoms with van der Waals surface area (Å²) in [7, 11) is 2.09. The molecule has 2 saturated heterocycles. The molecule has 304 valence electrons. The van der Waals surface area contributed by atoms with Crippen LogP contribution in [0.3, 0.4) is 0 Å². The molecule has 0 bridgehead atoms. The fourth-order valence-corrected chi connectivity index (χ4v) is 8.31. The van der Waals surface area contributed by atoms with E-state index < -0.39 is 23.8 Å². The maximum atomic E-state index is 13.4. The van der Waals surface area contributed by atoms with E-state index in [0.717, 1.165) is 97.5 Å². The van der Waals surface area contributed by atoms with Gasteiger partial charge in [-0.05, 0) is 99.2 Å². The van der Waals surface area contributed by atoms with Crippen LogP contribution in [0.2, 0.25) is 0 Å². The normalized spacial score (nSPS) is 16.2. The van der Waals surface area contributed by atoms with Gasteiger partial charge in [0.15, 0.2) is 0 Å². The molecule has 0 spiro atoms. The third kappa shape index (κ3) is 9.56. The zero-order valence-corrected chi connectivity index (χ0v) is 33.7. The van der Waals surface area contributed by atoms with Crippen LogP contribution >= 0.6 is 0 Å². The quantitative estimate of drug-likeness (QED) is 0.0543. The van der Waals surface area contributed by atoms with E-state index in [1.54, 1.807) is 0 Å². The van der Waals surface area contributed by atoms with E-state index in [2.05, 4.69) is 56.1 Å². The number of ether oxygens (including phenoxy) is 2. The van der Waals surface area contributed by atoms with Crippen molar-refractivity contribution in [3.05, 3.63) is 84.3 Å². The van der Waals surface area contributed by atoms with Crippen LogP contribution < -0.4 is 15.0 Å². The van der Waals surface area contributed by atoms with Gasteiger partial charge in [-0.15, -0.1) is 0 Å². The molecule has 2 fully saturated rings. The van der Waals surface area contributed by atoms with Crippen molar-refractivity contribution in [2.24, 2.45) is 13.0 Å². The highest BCUT2D eigenvalue weighted by Gasteiger charge is 2.35. The van der Waals surface area contributed by atoms with Gasteiger partial charge in [0.25, 0.3) is 5.91 Å². The monoisotopic (exact) mass is 786 g/mol. The fraction of sp³-hybridized carbons (Fsp3) is 0.435. The number of fused-ring (bicyclic) bond motifs is 3. The maximum Gasteiger partial charge on any atom is 0.261 e. The number of anilines is 1. The zero-order chi connectivity index (χ0) is 40.4. The highest BCUT2D eigenvalue weighted by molar-refractivity contribution is 6.09. The summed E-state index contributed by atoms with van der Waals surface area (Å²) in [5.74, 6) is -0.195. The molecule has 1 atom stereocenters. The number of hydrogen-bond acceptors (Lipinski definition) is 9. The summed E-state index contributed by atoms with van der Waals surface area (Å²) in [6.45, 7) is 5.86. The molecule has 58 heavy (non-hydrogen) atoms. The topological polar surface area (TPSA) is 136 Å². The third-order valence-electron chi connectivity index (χ3n) is 11.8. The lowest BCUT2D eigenvalue weighted by molar-refractivity contribution is -0.139. The van der Waals surface area contributed by atoms with Gasteiger partial charge in [0, 0.05) is 97.5 Å². The number of unbranched alkanes of at least 4 members (excludes halogenated alkanes) is 4. The zero-order valence-electron chi connectivity index (χ0n) is 33.7. The number of nitrogens with one attached hydrogen (secondary N) is 1. The number of piperidine rings is 2. The number of carbonyl (C=O) groups excluding carboxylic acids is 4. The summed E-state index contributed by atoms with van der Waals surface area (Å²) < 4.78 is 14.0. The van der Waals surface area contributed by atoms with Crippen molar-refractivity contribution >= 4 is 51.6 Å². The second kappa shape index (κ2) is 19.2. The molecule has 1 unspecified atom stereocenters. The third-order valence-corrected chi connectivity index (χ3v) is 11.8. The molecule has 5 heterocycles. The average Bonchev–Trinajstić information content (AvgIpc) is 3.53. The first-order valence-electron chi connectivity index (χ1n) is 20.8. The van der Waals surface area contributed by atoms with Crippen molar-refractivity contribution in [1.29, 1.82) is 0 Å². The maximum absolute atomic E-state index is 13.4. The van der Waals surface area contributed by atoms with Gasteiger partial charge < -0.3 is 18.9 Å². The molecule has 3 aromatic heterocycles. The van der Waals surface area contributed by atoms with Gasteiger partial charge in [-0.2, -0.15) is 0 Å². The largest absolute Gasteiger partial charge is 0.478 e. The number of amides is 4. The average molecular weight is 787 g/mol. The fourth-order valence-electron chi connectivity index (χ4n) is 8.31. The molecule has 0 saturated carbocycles. The molecule has 2 aliphatic heterocycles. The number of rotatable bonds is 18. The van der Waals surface area contributed by atoms with E-state index in [4.69, 9.17) is 9.47 Å². The summed E-state index contributed by atoms with van der Waals surface area (Å²) in [5, 5.41) is 4.59. The van der Waals surface area contributed by atoms with E-state index in [-0.39, 0.29) is 12.8 Å². The van der Waals surface area contributed by atoms with E-state index in [9.17, 15) is 19.2 Å². The minimum absolute atomic E-state index is 0.0927. The molecule has 0 aliphatic carbocycles. The molecule has 5 aromatic rings. The number of aryl methyl sites for hydroxylation is 2. The predicted molar refractivity (Wildman–Crippen MR) is 225 cm³/mol. The standard InChI is InChI=1S/C46H54N6O6/c1-32-10-13-36(28-38(32)46(56)52(31-53)41-15-16-43(54)49-45(41)55)51-22-19-33(20-23-51)9-5-3-6-24-57-25-7-4-8-26-58-44-17-12-35(29-48-44)34-11-14-37-39-30-47-21-18-40(39)50(2)42(37)27-34/h10-14,17-18,21,27-31,33,41H,3-9,15-16,19-20,22-26H2,1-2H3,(H,49,54,55). The Morgan fingerprint density at radius 2 is 1.64 bits per heavy atom. The van der Waals surface area contributed by atoms with Crippen molar-refractivity contribution in [2.75, 3.05) is 37.8 Å². The van der Waals surface area contributed by atoms with Crippen molar-refractivity contribution < 1.29 is 28.7 Å². The number of nitrogens with zero attached hydrogens (tertiary/aromatic N) is 5.